The lowest BCUT2D eigenvalue weighted by Gasteiger charge is -2.16. The van der Waals surface area contributed by atoms with Gasteiger partial charge in [0.05, 0.1) is 0 Å². The third-order valence-electron chi connectivity index (χ3n) is 4.27. The zero-order valence-corrected chi connectivity index (χ0v) is 13.8. The summed E-state index contributed by atoms with van der Waals surface area (Å²) in [5, 5.41) is 6.54. The predicted octanol–water partition coefficient (Wildman–Crippen LogP) is 2.27. The van der Waals surface area contributed by atoms with Crippen LogP contribution in [0.25, 0.3) is 11.3 Å². The Kier molecular flexibility index (Phi) is 4.18. The van der Waals surface area contributed by atoms with Crippen LogP contribution in [0.1, 0.15) is 16.9 Å². The van der Waals surface area contributed by atoms with Crippen LogP contribution in [0.3, 0.4) is 0 Å². The van der Waals surface area contributed by atoms with Gasteiger partial charge in [-0.15, -0.1) is 0 Å². The molecule has 4 rings (SSSR count). The minimum Gasteiger partial charge on any atom is -0.355 e. The molecule has 0 spiro atoms. The highest BCUT2D eigenvalue weighted by Gasteiger charge is 2.34. The number of nitrogens with zero attached hydrogens (tertiary/aromatic N) is 3. The van der Waals surface area contributed by atoms with Crippen molar-refractivity contribution in [2.75, 3.05) is 11.4 Å². The maximum Gasteiger partial charge on any atom is 0.274 e. The van der Waals surface area contributed by atoms with Gasteiger partial charge in [0.1, 0.15) is 6.04 Å². The first kappa shape index (κ1) is 16.0. The molecule has 2 amide bonds. The second-order valence-electron chi connectivity index (χ2n) is 5.96. The number of anilines is 1. The Labute approximate surface area is 149 Å². The molecule has 7 heteroatoms. The molecule has 1 aliphatic rings. The second kappa shape index (κ2) is 6.79. The van der Waals surface area contributed by atoms with E-state index in [1.54, 1.807) is 29.4 Å². The lowest BCUT2D eigenvalue weighted by Crippen LogP contribution is -2.41. The quantitative estimate of drug-likeness (QED) is 0.781. The van der Waals surface area contributed by atoms with Crippen molar-refractivity contribution in [1.29, 1.82) is 0 Å². The molecule has 26 heavy (non-hydrogen) atoms. The number of rotatable bonds is 4. The number of hydrogen-bond donors (Lipinski definition) is 1. The van der Waals surface area contributed by atoms with Gasteiger partial charge < -0.3 is 14.7 Å². The van der Waals surface area contributed by atoms with Crippen molar-refractivity contribution >= 4 is 17.5 Å². The van der Waals surface area contributed by atoms with Crippen molar-refractivity contribution in [3.8, 4) is 11.3 Å². The van der Waals surface area contributed by atoms with Crippen LogP contribution in [-0.2, 0) is 4.79 Å². The van der Waals surface area contributed by atoms with E-state index in [2.05, 4.69) is 15.5 Å². The van der Waals surface area contributed by atoms with Crippen LogP contribution < -0.4 is 10.2 Å². The van der Waals surface area contributed by atoms with Crippen LogP contribution >= 0.6 is 0 Å². The van der Waals surface area contributed by atoms with Gasteiger partial charge in [-0.3, -0.25) is 14.6 Å². The van der Waals surface area contributed by atoms with Gasteiger partial charge in [0.15, 0.2) is 11.5 Å². The van der Waals surface area contributed by atoms with Crippen LogP contribution in [-0.4, -0.2) is 34.5 Å². The number of amides is 2. The monoisotopic (exact) mass is 348 g/mol. The standard InChI is InChI=1S/C19H16N4O3/c24-18(16-11-17(26-22-16)13-5-4-9-20-12-13)21-15-8-10-23(19(15)25)14-6-2-1-3-7-14/h1-7,9,11-12,15H,8,10H2,(H,21,24)/t15-/m1/s1. The molecule has 0 radical (unpaired) electrons. The number of aromatic nitrogens is 2. The average molecular weight is 348 g/mol. The summed E-state index contributed by atoms with van der Waals surface area (Å²) in [6, 6.07) is 14.0. The highest BCUT2D eigenvalue weighted by Crippen LogP contribution is 2.22. The van der Waals surface area contributed by atoms with E-state index in [0.29, 0.717) is 18.7 Å². The van der Waals surface area contributed by atoms with Crippen LogP contribution in [0.2, 0.25) is 0 Å². The van der Waals surface area contributed by atoms with Crippen LogP contribution in [0, 0.1) is 0 Å². The number of nitrogens with one attached hydrogen (secondary N) is 1. The molecule has 1 aliphatic heterocycles. The zero-order chi connectivity index (χ0) is 17.9. The molecule has 3 aromatic rings. The largest absolute Gasteiger partial charge is 0.355 e. The van der Waals surface area contributed by atoms with E-state index in [-0.39, 0.29) is 11.6 Å². The third-order valence-corrected chi connectivity index (χ3v) is 4.27. The van der Waals surface area contributed by atoms with Gasteiger partial charge in [0.2, 0.25) is 5.91 Å². The first-order valence-corrected chi connectivity index (χ1v) is 8.27. The molecule has 0 bridgehead atoms. The minimum absolute atomic E-state index is 0.125. The summed E-state index contributed by atoms with van der Waals surface area (Å²) in [6.07, 6.45) is 3.82. The fraction of sp³-hybridized carbons (Fsp3) is 0.158. The van der Waals surface area contributed by atoms with Crippen LogP contribution in [0.5, 0.6) is 0 Å². The normalized spacial score (nSPS) is 16.7. The van der Waals surface area contributed by atoms with E-state index in [4.69, 9.17) is 4.52 Å². The highest BCUT2D eigenvalue weighted by atomic mass is 16.5. The molecule has 1 atom stereocenters. The molecule has 130 valence electrons. The second-order valence-corrected chi connectivity index (χ2v) is 5.96. The molecule has 3 heterocycles. The smallest absolute Gasteiger partial charge is 0.274 e. The molecular weight excluding hydrogens is 332 g/mol. The first-order valence-electron chi connectivity index (χ1n) is 8.27. The number of pyridine rings is 1. The molecule has 2 aromatic heterocycles. The molecule has 0 saturated carbocycles. The average Bonchev–Trinajstić information content (AvgIpc) is 3.31. The van der Waals surface area contributed by atoms with Gasteiger partial charge >= 0.3 is 0 Å². The van der Waals surface area contributed by atoms with Crippen LogP contribution in [0.15, 0.2) is 65.4 Å². The SMILES string of the molecule is O=C(N[C@@H]1CCN(c2ccccc2)C1=O)c1cc(-c2cccnc2)on1. The molecular formula is C19H16N4O3. The van der Waals surface area contributed by atoms with Crippen molar-refractivity contribution in [3.05, 3.63) is 66.6 Å². The third kappa shape index (κ3) is 3.06. The summed E-state index contributed by atoms with van der Waals surface area (Å²) in [7, 11) is 0. The number of benzene rings is 1. The molecule has 7 nitrogen and oxygen atoms in total. The van der Waals surface area contributed by atoms with E-state index >= 15 is 0 Å². The Morgan fingerprint density at radius 2 is 2.04 bits per heavy atom. The lowest BCUT2D eigenvalue weighted by atomic mass is 10.2. The molecule has 1 N–H and O–H groups in total. The Morgan fingerprint density at radius 1 is 1.19 bits per heavy atom. The Bertz CT molecular complexity index is 924. The number of carbonyl (C=O) groups excluding carboxylic acids is 2. The minimum atomic E-state index is -0.568. The van der Waals surface area contributed by atoms with E-state index in [9.17, 15) is 9.59 Å². The summed E-state index contributed by atoms with van der Waals surface area (Å²) in [6.45, 7) is 0.563. The summed E-state index contributed by atoms with van der Waals surface area (Å²) in [4.78, 5) is 30.7. The first-order chi connectivity index (χ1) is 12.7. The van der Waals surface area contributed by atoms with Crippen molar-refractivity contribution < 1.29 is 14.1 Å². The highest BCUT2D eigenvalue weighted by molar-refractivity contribution is 6.03. The van der Waals surface area contributed by atoms with Crippen molar-refractivity contribution in [1.82, 2.24) is 15.5 Å². The van der Waals surface area contributed by atoms with Gasteiger partial charge in [-0.1, -0.05) is 23.4 Å². The fourth-order valence-corrected chi connectivity index (χ4v) is 2.94. The van der Waals surface area contributed by atoms with E-state index in [0.717, 1.165) is 11.3 Å². The van der Waals surface area contributed by atoms with Crippen molar-refractivity contribution in [2.24, 2.45) is 0 Å². The molecule has 1 saturated heterocycles. The van der Waals surface area contributed by atoms with Gasteiger partial charge in [-0.25, -0.2) is 0 Å². The maximum absolute atomic E-state index is 12.6. The Hall–Kier alpha value is -3.48. The van der Waals surface area contributed by atoms with Crippen molar-refractivity contribution in [2.45, 2.75) is 12.5 Å². The fourth-order valence-electron chi connectivity index (χ4n) is 2.94. The Morgan fingerprint density at radius 3 is 2.81 bits per heavy atom. The van der Waals surface area contributed by atoms with Gasteiger partial charge in [-0.05, 0) is 30.7 Å². The molecule has 0 unspecified atom stereocenters. The molecule has 1 aromatic carbocycles. The zero-order valence-electron chi connectivity index (χ0n) is 13.8. The topological polar surface area (TPSA) is 88.3 Å². The summed E-state index contributed by atoms with van der Waals surface area (Å²) >= 11 is 0. The molecule has 0 aliphatic carbocycles. The van der Waals surface area contributed by atoms with E-state index < -0.39 is 11.9 Å². The van der Waals surface area contributed by atoms with Crippen LogP contribution in [0.4, 0.5) is 5.69 Å². The summed E-state index contributed by atoms with van der Waals surface area (Å²) < 4.78 is 5.21. The van der Waals surface area contributed by atoms with E-state index in [1.165, 1.54) is 0 Å². The van der Waals surface area contributed by atoms with Gasteiger partial charge in [0, 0.05) is 36.3 Å². The maximum atomic E-state index is 12.6. The van der Waals surface area contributed by atoms with Crippen molar-refractivity contribution in [3.63, 3.8) is 0 Å². The summed E-state index contributed by atoms with van der Waals surface area (Å²) in [5.41, 5.74) is 1.69. The van der Waals surface area contributed by atoms with E-state index in [1.807, 2.05) is 36.4 Å². The number of carbonyl (C=O) groups is 2. The predicted molar refractivity (Wildman–Crippen MR) is 94.4 cm³/mol. The van der Waals surface area contributed by atoms with Gasteiger partial charge in [-0.2, -0.15) is 0 Å². The summed E-state index contributed by atoms with van der Waals surface area (Å²) in [5.74, 6) is -0.107. The number of hydrogen-bond acceptors (Lipinski definition) is 5. The lowest BCUT2D eigenvalue weighted by molar-refractivity contribution is -0.118. The van der Waals surface area contributed by atoms with Gasteiger partial charge in [0.25, 0.3) is 5.91 Å². The number of para-hydroxylation sites is 1. The molecule has 1 fully saturated rings. The Balaban J connectivity index is 1.44.